The summed E-state index contributed by atoms with van der Waals surface area (Å²) in [5, 5.41) is 4.87. The quantitative estimate of drug-likeness (QED) is 0.796. The molecule has 0 saturated carbocycles. The molecule has 0 unspecified atom stereocenters. The summed E-state index contributed by atoms with van der Waals surface area (Å²) in [6, 6.07) is 3.91. The summed E-state index contributed by atoms with van der Waals surface area (Å²) < 4.78 is 21.2. The molecule has 0 aliphatic rings. The van der Waals surface area contributed by atoms with Crippen LogP contribution in [0, 0.1) is 6.92 Å². The Morgan fingerprint density at radius 3 is 2.58 bits per heavy atom. The van der Waals surface area contributed by atoms with Gasteiger partial charge in [-0.1, -0.05) is 0 Å². The van der Waals surface area contributed by atoms with Gasteiger partial charge in [-0.2, -0.15) is 0 Å². The van der Waals surface area contributed by atoms with Crippen LogP contribution in [0.2, 0.25) is 0 Å². The van der Waals surface area contributed by atoms with Crippen LogP contribution in [0.25, 0.3) is 0 Å². The van der Waals surface area contributed by atoms with Gasteiger partial charge in [-0.25, -0.2) is 13.6 Å². The maximum Gasteiger partial charge on any atom is 0.209 e. The van der Waals surface area contributed by atoms with E-state index in [4.69, 9.17) is 5.14 Å². The van der Waals surface area contributed by atoms with E-state index < -0.39 is 10.0 Å². The van der Waals surface area contributed by atoms with Crippen LogP contribution in [0.4, 0.5) is 0 Å². The van der Waals surface area contributed by atoms with Crippen LogP contribution >= 0.6 is 11.3 Å². The summed E-state index contributed by atoms with van der Waals surface area (Å²) in [7, 11) is -3.31. The summed E-state index contributed by atoms with van der Waals surface area (Å²) in [5.41, 5.74) is 0. The van der Waals surface area contributed by atoms with Crippen LogP contribution in [0.15, 0.2) is 12.1 Å². The number of hydrogen-bond donors (Lipinski definition) is 1. The Labute approximate surface area is 76.3 Å². The summed E-state index contributed by atoms with van der Waals surface area (Å²) in [5.74, 6) is 0.0347. The Kier molecular flexibility index (Phi) is 2.87. The van der Waals surface area contributed by atoms with E-state index in [1.54, 1.807) is 11.3 Å². The molecule has 0 saturated heterocycles. The number of rotatable bonds is 3. The highest BCUT2D eigenvalue weighted by Crippen LogP contribution is 2.15. The van der Waals surface area contributed by atoms with Gasteiger partial charge in [0.25, 0.3) is 0 Å². The van der Waals surface area contributed by atoms with Gasteiger partial charge in [0.05, 0.1) is 5.75 Å². The van der Waals surface area contributed by atoms with Gasteiger partial charge < -0.3 is 0 Å². The van der Waals surface area contributed by atoms with Crippen molar-refractivity contribution in [2.24, 2.45) is 5.14 Å². The first-order valence-corrected chi connectivity index (χ1v) is 6.06. The van der Waals surface area contributed by atoms with E-state index >= 15 is 0 Å². The molecule has 68 valence electrons. The van der Waals surface area contributed by atoms with Gasteiger partial charge in [-0.15, -0.1) is 11.3 Å². The summed E-state index contributed by atoms with van der Waals surface area (Å²) in [4.78, 5) is 2.26. The number of sulfonamides is 1. The van der Waals surface area contributed by atoms with Crippen molar-refractivity contribution >= 4 is 21.4 Å². The fourth-order valence-corrected chi connectivity index (χ4v) is 2.39. The maximum atomic E-state index is 10.6. The van der Waals surface area contributed by atoms with Crippen molar-refractivity contribution < 1.29 is 8.42 Å². The van der Waals surface area contributed by atoms with Gasteiger partial charge >= 0.3 is 0 Å². The largest absolute Gasteiger partial charge is 0.229 e. The summed E-state index contributed by atoms with van der Waals surface area (Å²) in [6.07, 6.45) is 0.525. The van der Waals surface area contributed by atoms with E-state index in [2.05, 4.69) is 0 Å². The summed E-state index contributed by atoms with van der Waals surface area (Å²) in [6.45, 7) is 1.99. The molecule has 0 radical (unpaired) electrons. The van der Waals surface area contributed by atoms with E-state index in [0.717, 1.165) is 4.88 Å². The van der Waals surface area contributed by atoms with Crippen LogP contribution in [0.3, 0.4) is 0 Å². The topological polar surface area (TPSA) is 60.2 Å². The Hall–Kier alpha value is -0.390. The predicted molar refractivity (Wildman–Crippen MR) is 50.7 cm³/mol. The molecule has 0 aliphatic carbocycles. The van der Waals surface area contributed by atoms with E-state index in [1.807, 2.05) is 19.1 Å². The van der Waals surface area contributed by atoms with Crippen LogP contribution in [-0.4, -0.2) is 14.2 Å². The predicted octanol–water partition coefficient (Wildman–Crippen LogP) is 0.888. The van der Waals surface area contributed by atoms with E-state index in [-0.39, 0.29) is 5.75 Å². The molecule has 0 aromatic carbocycles. The normalized spacial score (nSPS) is 11.8. The first-order chi connectivity index (χ1) is 5.47. The van der Waals surface area contributed by atoms with Gasteiger partial charge in [-0.3, -0.25) is 0 Å². The van der Waals surface area contributed by atoms with Crippen LogP contribution in [0.1, 0.15) is 9.75 Å². The number of nitrogens with two attached hydrogens (primary N) is 1. The fourth-order valence-electron chi connectivity index (χ4n) is 0.862. The summed E-state index contributed by atoms with van der Waals surface area (Å²) >= 11 is 1.61. The number of hydrogen-bond acceptors (Lipinski definition) is 3. The minimum absolute atomic E-state index is 0.0347. The smallest absolute Gasteiger partial charge is 0.209 e. The van der Waals surface area contributed by atoms with Gasteiger partial charge in [0.2, 0.25) is 10.0 Å². The number of aryl methyl sites for hydroxylation is 2. The Morgan fingerprint density at radius 2 is 2.17 bits per heavy atom. The Morgan fingerprint density at radius 1 is 1.50 bits per heavy atom. The second kappa shape index (κ2) is 3.55. The molecule has 1 aromatic heterocycles. The lowest BCUT2D eigenvalue weighted by Crippen LogP contribution is -2.17. The average molecular weight is 205 g/mol. The third-order valence-corrected chi connectivity index (χ3v) is 3.26. The van der Waals surface area contributed by atoms with Crippen LogP contribution in [0.5, 0.6) is 0 Å². The Balaban J connectivity index is 2.55. The molecule has 5 heteroatoms. The van der Waals surface area contributed by atoms with Crippen LogP contribution < -0.4 is 5.14 Å². The van der Waals surface area contributed by atoms with Gasteiger partial charge in [-0.05, 0) is 25.5 Å². The molecule has 0 aliphatic heterocycles. The molecular formula is C7H11NO2S2. The van der Waals surface area contributed by atoms with Crippen LogP contribution in [-0.2, 0) is 16.4 Å². The number of primary sulfonamides is 1. The monoisotopic (exact) mass is 205 g/mol. The van der Waals surface area contributed by atoms with Crippen molar-refractivity contribution in [2.75, 3.05) is 5.75 Å². The van der Waals surface area contributed by atoms with Crippen molar-refractivity contribution in [1.82, 2.24) is 0 Å². The standard InChI is InChI=1S/C7H11NO2S2/c1-6-2-3-7(11-6)4-5-12(8,9)10/h2-3H,4-5H2,1H3,(H2,8,9,10). The third-order valence-electron chi connectivity index (χ3n) is 1.43. The molecule has 1 heterocycles. The van der Waals surface area contributed by atoms with E-state index in [1.165, 1.54) is 4.88 Å². The van der Waals surface area contributed by atoms with Crippen molar-refractivity contribution in [3.05, 3.63) is 21.9 Å². The lowest BCUT2D eigenvalue weighted by atomic mass is 10.4. The van der Waals surface area contributed by atoms with E-state index in [0.29, 0.717) is 6.42 Å². The maximum absolute atomic E-state index is 10.6. The molecule has 0 fully saturated rings. The van der Waals surface area contributed by atoms with Crippen molar-refractivity contribution in [3.63, 3.8) is 0 Å². The first-order valence-electron chi connectivity index (χ1n) is 3.53. The average Bonchev–Trinajstić information content (AvgIpc) is 2.30. The van der Waals surface area contributed by atoms with Crippen molar-refractivity contribution in [1.29, 1.82) is 0 Å². The number of thiophene rings is 1. The lowest BCUT2D eigenvalue weighted by molar-refractivity contribution is 0.597. The van der Waals surface area contributed by atoms with Gasteiger partial charge in [0, 0.05) is 9.75 Å². The van der Waals surface area contributed by atoms with Crippen molar-refractivity contribution in [3.8, 4) is 0 Å². The molecule has 0 spiro atoms. The van der Waals surface area contributed by atoms with Gasteiger partial charge in [0.15, 0.2) is 0 Å². The molecule has 1 aromatic rings. The molecule has 0 bridgehead atoms. The zero-order valence-corrected chi connectivity index (χ0v) is 8.41. The zero-order valence-electron chi connectivity index (χ0n) is 6.78. The lowest BCUT2D eigenvalue weighted by Gasteiger charge is -1.94. The highest BCUT2D eigenvalue weighted by molar-refractivity contribution is 7.89. The molecule has 1 rings (SSSR count). The molecular weight excluding hydrogens is 194 g/mol. The minimum atomic E-state index is -3.31. The van der Waals surface area contributed by atoms with E-state index in [9.17, 15) is 8.42 Å². The fraction of sp³-hybridized carbons (Fsp3) is 0.429. The Bertz CT molecular complexity index is 353. The second-order valence-corrected chi connectivity index (χ2v) is 5.74. The SMILES string of the molecule is Cc1ccc(CCS(N)(=O)=O)s1. The minimum Gasteiger partial charge on any atom is -0.229 e. The third kappa shape index (κ3) is 3.34. The second-order valence-electron chi connectivity index (χ2n) is 2.63. The van der Waals surface area contributed by atoms with Crippen molar-refractivity contribution in [2.45, 2.75) is 13.3 Å². The highest BCUT2D eigenvalue weighted by Gasteiger charge is 2.04. The van der Waals surface area contributed by atoms with Gasteiger partial charge in [0.1, 0.15) is 0 Å². The molecule has 2 N–H and O–H groups in total. The molecule has 12 heavy (non-hydrogen) atoms. The molecule has 0 amide bonds. The zero-order chi connectivity index (χ0) is 9.19. The highest BCUT2D eigenvalue weighted by atomic mass is 32.2. The molecule has 0 atom stereocenters. The first kappa shape index (κ1) is 9.70. The molecule has 3 nitrogen and oxygen atoms in total.